The summed E-state index contributed by atoms with van der Waals surface area (Å²) in [5, 5.41) is 0. The zero-order valence-corrected chi connectivity index (χ0v) is 13.2. The average molecular weight is 299 g/mol. The highest BCUT2D eigenvalue weighted by Crippen LogP contribution is 2.19. The van der Waals surface area contributed by atoms with Crippen LogP contribution in [-0.4, -0.2) is 30.9 Å². The highest BCUT2D eigenvalue weighted by molar-refractivity contribution is 7.89. The molecule has 114 valence electrons. The Balaban J connectivity index is 2.93. The minimum atomic E-state index is -3.43. The number of allylic oxidation sites excluding steroid dienone is 1. The summed E-state index contributed by atoms with van der Waals surface area (Å²) in [7, 11) is -1.82. The largest absolute Gasteiger partial charge is 0.349 e. The van der Waals surface area contributed by atoms with Crippen LogP contribution in [0.15, 0.2) is 29.8 Å². The molecule has 0 aliphatic carbocycles. The lowest BCUT2D eigenvalue weighted by atomic mass is 10.3. The van der Waals surface area contributed by atoms with E-state index in [1.807, 2.05) is 4.57 Å². The molecule has 0 atom stereocenters. The molecule has 0 amide bonds. The summed E-state index contributed by atoms with van der Waals surface area (Å²) < 4.78 is 28.2. The minimum Gasteiger partial charge on any atom is -0.349 e. The van der Waals surface area contributed by atoms with Crippen molar-refractivity contribution < 1.29 is 8.42 Å². The van der Waals surface area contributed by atoms with Gasteiger partial charge in [-0.25, -0.2) is 12.7 Å². The number of sulfonamides is 1. The van der Waals surface area contributed by atoms with E-state index in [9.17, 15) is 8.42 Å². The van der Waals surface area contributed by atoms with Crippen molar-refractivity contribution in [2.75, 3.05) is 13.6 Å². The number of aromatic nitrogens is 1. The molecule has 6 heteroatoms. The van der Waals surface area contributed by atoms with Crippen molar-refractivity contribution in [1.82, 2.24) is 8.87 Å². The van der Waals surface area contributed by atoms with Gasteiger partial charge in [-0.15, -0.1) is 6.58 Å². The molecule has 1 aromatic heterocycles. The van der Waals surface area contributed by atoms with Crippen LogP contribution in [-0.2, 0) is 23.1 Å². The molecular formula is C14H25N3O2S. The molecule has 0 unspecified atom stereocenters. The molecule has 0 bridgehead atoms. The first kappa shape index (κ1) is 16.9. The maximum Gasteiger partial charge on any atom is 0.244 e. The second kappa shape index (κ2) is 7.61. The van der Waals surface area contributed by atoms with Crippen LogP contribution in [0.3, 0.4) is 0 Å². The summed E-state index contributed by atoms with van der Waals surface area (Å²) >= 11 is 0. The smallest absolute Gasteiger partial charge is 0.244 e. The van der Waals surface area contributed by atoms with E-state index in [1.165, 1.54) is 4.31 Å². The van der Waals surface area contributed by atoms with Crippen LogP contribution in [0.1, 0.15) is 31.9 Å². The predicted molar refractivity (Wildman–Crippen MR) is 81.9 cm³/mol. The van der Waals surface area contributed by atoms with Gasteiger partial charge in [-0.3, -0.25) is 0 Å². The standard InChI is InChI=1S/C14H25N3O2S/c1-4-6-7-9-16(3)20(18,19)14-10-13(11-15)17(12-14)8-5-2/h4,10,12H,1,5-9,11,15H2,2-3H3. The molecule has 1 aromatic rings. The maximum atomic E-state index is 12.5. The molecule has 1 heterocycles. The van der Waals surface area contributed by atoms with Gasteiger partial charge in [-0.2, -0.15) is 0 Å². The van der Waals surface area contributed by atoms with E-state index in [0.29, 0.717) is 18.0 Å². The van der Waals surface area contributed by atoms with Crippen LogP contribution in [0.4, 0.5) is 0 Å². The summed E-state index contributed by atoms with van der Waals surface area (Å²) in [5.74, 6) is 0. The molecule has 0 saturated carbocycles. The minimum absolute atomic E-state index is 0.326. The number of hydrogen-bond acceptors (Lipinski definition) is 3. The van der Waals surface area contributed by atoms with E-state index in [2.05, 4.69) is 13.5 Å². The summed E-state index contributed by atoms with van der Waals surface area (Å²) in [5.41, 5.74) is 6.52. The zero-order chi connectivity index (χ0) is 15.2. The van der Waals surface area contributed by atoms with Crippen molar-refractivity contribution in [3.63, 3.8) is 0 Å². The topological polar surface area (TPSA) is 68.3 Å². The Morgan fingerprint density at radius 1 is 1.50 bits per heavy atom. The van der Waals surface area contributed by atoms with Crippen LogP contribution < -0.4 is 5.73 Å². The molecular weight excluding hydrogens is 274 g/mol. The third-order valence-corrected chi connectivity index (χ3v) is 5.05. The Kier molecular flexibility index (Phi) is 6.45. The monoisotopic (exact) mass is 299 g/mol. The lowest BCUT2D eigenvalue weighted by Gasteiger charge is -2.15. The Morgan fingerprint density at radius 3 is 2.75 bits per heavy atom. The van der Waals surface area contributed by atoms with E-state index in [1.54, 1.807) is 25.4 Å². The van der Waals surface area contributed by atoms with Crippen LogP contribution in [0.2, 0.25) is 0 Å². The molecule has 5 nitrogen and oxygen atoms in total. The molecule has 1 rings (SSSR count). The maximum absolute atomic E-state index is 12.5. The van der Waals surface area contributed by atoms with Crippen LogP contribution in [0, 0.1) is 0 Å². The third kappa shape index (κ3) is 3.94. The molecule has 0 aliphatic heterocycles. The van der Waals surface area contributed by atoms with Gasteiger partial charge in [0.15, 0.2) is 0 Å². The first-order valence-corrected chi connectivity index (χ1v) is 8.37. The van der Waals surface area contributed by atoms with Crippen LogP contribution in [0.25, 0.3) is 0 Å². The molecule has 0 aliphatic rings. The highest BCUT2D eigenvalue weighted by atomic mass is 32.2. The van der Waals surface area contributed by atoms with E-state index in [-0.39, 0.29) is 0 Å². The number of aryl methyl sites for hydroxylation is 1. The Morgan fingerprint density at radius 2 is 2.20 bits per heavy atom. The second-order valence-corrected chi connectivity index (χ2v) is 6.87. The Hall–Kier alpha value is -1.11. The highest BCUT2D eigenvalue weighted by Gasteiger charge is 2.22. The van der Waals surface area contributed by atoms with E-state index in [4.69, 9.17) is 5.73 Å². The van der Waals surface area contributed by atoms with Crippen molar-refractivity contribution in [1.29, 1.82) is 0 Å². The van der Waals surface area contributed by atoms with Gasteiger partial charge in [-0.05, 0) is 25.3 Å². The first-order chi connectivity index (χ1) is 9.47. The molecule has 2 N–H and O–H groups in total. The van der Waals surface area contributed by atoms with Crippen LogP contribution >= 0.6 is 0 Å². The number of hydrogen-bond donors (Lipinski definition) is 1. The zero-order valence-electron chi connectivity index (χ0n) is 12.4. The van der Waals surface area contributed by atoms with Crippen LogP contribution in [0.5, 0.6) is 0 Å². The molecule has 0 aromatic carbocycles. The van der Waals surface area contributed by atoms with Gasteiger partial charge < -0.3 is 10.3 Å². The number of unbranched alkanes of at least 4 members (excludes halogenated alkanes) is 1. The predicted octanol–water partition coefficient (Wildman–Crippen LogP) is 1.94. The van der Waals surface area contributed by atoms with Gasteiger partial charge >= 0.3 is 0 Å². The summed E-state index contributed by atoms with van der Waals surface area (Å²) in [6.07, 6.45) is 6.01. The van der Waals surface area contributed by atoms with E-state index in [0.717, 1.165) is 31.5 Å². The molecule has 0 spiro atoms. The lowest BCUT2D eigenvalue weighted by molar-refractivity contribution is 0.462. The molecule has 0 radical (unpaired) electrons. The fourth-order valence-corrected chi connectivity index (χ4v) is 3.32. The van der Waals surface area contributed by atoms with Gasteiger partial charge in [0.05, 0.1) is 0 Å². The number of rotatable bonds is 9. The SMILES string of the molecule is C=CCCCN(C)S(=O)(=O)c1cc(CN)n(CCC)c1. The van der Waals surface area contributed by atoms with Gasteiger partial charge in [-0.1, -0.05) is 13.0 Å². The fourth-order valence-electron chi connectivity index (χ4n) is 2.05. The summed E-state index contributed by atoms with van der Waals surface area (Å²) in [4.78, 5) is 0.326. The molecule has 20 heavy (non-hydrogen) atoms. The number of nitrogens with two attached hydrogens (primary N) is 1. The van der Waals surface area contributed by atoms with Crippen molar-refractivity contribution >= 4 is 10.0 Å². The van der Waals surface area contributed by atoms with E-state index >= 15 is 0 Å². The van der Waals surface area contributed by atoms with Gasteiger partial charge in [0, 0.05) is 38.6 Å². The van der Waals surface area contributed by atoms with Crippen molar-refractivity contribution in [3.8, 4) is 0 Å². The summed E-state index contributed by atoms with van der Waals surface area (Å²) in [6, 6.07) is 1.68. The third-order valence-electron chi connectivity index (χ3n) is 3.22. The molecule has 0 saturated heterocycles. The van der Waals surface area contributed by atoms with Crippen molar-refractivity contribution in [2.45, 2.75) is 44.2 Å². The molecule has 0 fully saturated rings. The normalized spacial score (nSPS) is 12.0. The Bertz CT molecular complexity index is 535. The fraction of sp³-hybridized carbons (Fsp3) is 0.571. The first-order valence-electron chi connectivity index (χ1n) is 6.93. The quantitative estimate of drug-likeness (QED) is 0.560. The lowest BCUT2D eigenvalue weighted by Crippen LogP contribution is -2.27. The van der Waals surface area contributed by atoms with Gasteiger partial charge in [0.25, 0.3) is 0 Å². The van der Waals surface area contributed by atoms with Crippen molar-refractivity contribution in [3.05, 3.63) is 30.6 Å². The Labute approximate surface area is 122 Å². The van der Waals surface area contributed by atoms with E-state index < -0.39 is 10.0 Å². The van der Waals surface area contributed by atoms with Crippen molar-refractivity contribution in [2.24, 2.45) is 5.73 Å². The van der Waals surface area contributed by atoms with Gasteiger partial charge in [0.2, 0.25) is 10.0 Å². The summed E-state index contributed by atoms with van der Waals surface area (Å²) in [6.45, 7) is 7.30. The van der Waals surface area contributed by atoms with Gasteiger partial charge in [0.1, 0.15) is 4.90 Å². The average Bonchev–Trinajstić information content (AvgIpc) is 2.83. The second-order valence-electron chi connectivity index (χ2n) is 4.82. The number of nitrogens with zero attached hydrogens (tertiary/aromatic N) is 2.